The van der Waals surface area contributed by atoms with Gasteiger partial charge in [0.25, 0.3) is 11.5 Å². The SMILES string of the molecule is O=C(N[C@@H](Cc1cccc2c(-n3c(C(F)(F)F)cc(C(F)(F)F)cc3=O)cccc12)C(=O)O)c1c(F)cccc1F. The summed E-state index contributed by atoms with van der Waals surface area (Å²) in [5.74, 6) is -5.48. The van der Waals surface area contributed by atoms with Crippen LogP contribution in [0.4, 0.5) is 35.1 Å². The number of rotatable bonds is 6. The number of pyridine rings is 1. The first-order chi connectivity index (χ1) is 19.1. The molecule has 3 aromatic carbocycles. The van der Waals surface area contributed by atoms with Crippen LogP contribution in [0.2, 0.25) is 0 Å². The van der Waals surface area contributed by atoms with Crippen molar-refractivity contribution >= 4 is 22.6 Å². The minimum Gasteiger partial charge on any atom is -0.480 e. The van der Waals surface area contributed by atoms with Gasteiger partial charge in [0.15, 0.2) is 0 Å². The summed E-state index contributed by atoms with van der Waals surface area (Å²) in [5, 5.41) is 11.7. The molecule has 6 nitrogen and oxygen atoms in total. The number of nitrogens with one attached hydrogen (secondary N) is 1. The Morgan fingerprint density at radius 3 is 2.00 bits per heavy atom. The van der Waals surface area contributed by atoms with Crippen molar-refractivity contribution in [3.05, 3.63) is 111 Å². The number of benzene rings is 3. The van der Waals surface area contributed by atoms with Crippen LogP contribution in [0.15, 0.2) is 71.5 Å². The van der Waals surface area contributed by atoms with Crippen LogP contribution < -0.4 is 10.9 Å². The molecule has 4 rings (SSSR count). The van der Waals surface area contributed by atoms with Crippen molar-refractivity contribution in [2.75, 3.05) is 0 Å². The van der Waals surface area contributed by atoms with E-state index in [1.807, 2.05) is 5.32 Å². The second-order valence-corrected chi connectivity index (χ2v) is 8.75. The van der Waals surface area contributed by atoms with E-state index >= 15 is 0 Å². The average molecular weight is 584 g/mol. The lowest BCUT2D eigenvalue weighted by atomic mass is 9.97. The van der Waals surface area contributed by atoms with Gasteiger partial charge in [0, 0.05) is 17.9 Å². The number of hydrogen-bond acceptors (Lipinski definition) is 3. The maximum absolute atomic E-state index is 14.0. The topological polar surface area (TPSA) is 88.4 Å². The van der Waals surface area contributed by atoms with Crippen molar-refractivity contribution in [2.24, 2.45) is 0 Å². The van der Waals surface area contributed by atoms with Gasteiger partial charge in [0.1, 0.15) is 28.9 Å². The molecule has 0 bridgehead atoms. The maximum atomic E-state index is 14.0. The van der Waals surface area contributed by atoms with Crippen LogP contribution in [0.1, 0.15) is 27.2 Å². The fourth-order valence-corrected chi connectivity index (χ4v) is 4.29. The van der Waals surface area contributed by atoms with Crippen LogP contribution >= 0.6 is 0 Å². The predicted octanol–water partition coefficient (Wildman–Crippen LogP) is 5.73. The van der Waals surface area contributed by atoms with Gasteiger partial charge < -0.3 is 10.4 Å². The van der Waals surface area contributed by atoms with Crippen molar-refractivity contribution in [1.29, 1.82) is 0 Å². The van der Waals surface area contributed by atoms with Gasteiger partial charge in [0.05, 0.1) is 11.3 Å². The summed E-state index contributed by atoms with van der Waals surface area (Å²) in [4.78, 5) is 37.0. The number of alkyl halides is 6. The number of fused-ring (bicyclic) bond motifs is 1. The van der Waals surface area contributed by atoms with E-state index in [1.54, 1.807) is 0 Å². The fraction of sp³-hybridized carbons (Fsp3) is 0.148. The molecule has 0 spiro atoms. The van der Waals surface area contributed by atoms with Crippen molar-refractivity contribution in [3.63, 3.8) is 0 Å². The lowest BCUT2D eigenvalue weighted by molar-refractivity contribution is -0.147. The van der Waals surface area contributed by atoms with E-state index in [0.717, 1.165) is 24.3 Å². The highest BCUT2D eigenvalue weighted by Crippen LogP contribution is 2.36. The molecule has 2 N–H and O–H groups in total. The Morgan fingerprint density at radius 1 is 0.829 bits per heavy atom. The van der Waals surface area contributed by atoms with Crippen LogP contribution in [-0.2, 0) is 23.6 Å². The first-order valence-corrected chi connectivity index (χ1v) is 11.5. The summed E-state index contributed by atoms with van der Waals surface area (Å²) in [6.45, 7) is 0. The molecule has 1 aromatic heterocycles. The first kappa shape index (κ1) is 29.2. The van der Waals surface area contributed by atoms with Crippen LogP contribution in [0, 0.1) is 11.6 Å². The normalized spacial score (nSPS) is 12.8. The minimum atomic E-state index is -5.37. The number of aliphatic carboxylic acids is 1. The molecule has 0 unspecified atom stereocenters. The van der Waals surface area contributed by atoms with Crippen LogP contribution in [-0.4, -0.2) is 27.6 Å². The van der Waals surface area contributed by atoms with Gasteiger partial charge in [-0.3, -0.25) is 14.2 Å². The zero-order chi connectivity index (χ0) is 30.3. The number of hydrogen-bond donors (Lipinski definition) is 2. The third kappa shape index (κ3) is 5.90. The number of carboxylic acid groups (broad SMARTS) is 1. The Balaban J connectivity index is 1.81. The lowest BCUT2D eigenvalue weighted by Crippen LogP contribution is -2.43. The van der Waals surface area contributed by atoms with Gasteiger partial charge in [-0.2, -0.15) is 26.3 Å². The second kappa shape index (κ2) is 10.7. The van der Waals surface area contributed by atoms with Crippen molar-refractivity contribution in [2.45, 2.75) is 24.8 Å². The largest absolute Gasteiger partial charge is 0.480 e. The molecule has 14 heteroatoms. The van der Waals surface area contributed by atoms with E-state index in [2.05, 4.69) is 0 Å². The molecule has 1 atom stereocenters. The molecule has 0 saturated heterocycles. The highest BCUT2D eigenvalue weighted by molar-refractivity contribution is 5.97. The van der Waals surface area contributed by atoms with Crippen molar-refractivity contribution < 1.29 is 49.8 Å². The Bertz CT molecular complexity index is 1710. The van der Waals surface area contributed by atoms with Crippen LogP contribution in [0.25, 0.3) is 16.5 Å². The van der Waals surface area contributed by atoms with Gasteiger partial charge in [-0.05, 0) is 35.2 Å². The number of amides is 1. The molecule has 1 amide bonds. The number of carbonyl (C=O) groups excluding carboxylic acids is 1. The number of carbonyl (C=O) groups is 2. The van der Waals surface area contributed by atoms with E-state index in [4.69, 9.17) is 0 Å². The van der Waals surface area contributed by atoms with E-state index in [-0.39, 0.29) is 33.0 Å². The Labute approximate surface area is 224 Å². The van der Waals surface area contributed by atoms with Crippen LogP contribution in [0.3, 0.4) is 0 Å². The molecule has 0 aliphatic carbocycles. The summed E-state index contributed by atoms with van der Waals surface area (Å²) >= 11 is 0. The smallest absolute Gasteiger partial charge is 0.431 e. The second-order valence-electron chi connectivity index (χ2n) is 8.75. The highest BCUT2D eigenvalue weighted by Gasteiger charge is 2.40. The summed E-state index contributed by atoms with van der Waals surface area (Å²) in [6.07, 6.45) is -11.1. The maximum Gasteiger partial charge on any atom is 0.431 e. The quantitative estimate of drug-likeness (QED) is 0.284. The fourth-order valence-electron chi connectivity index (χ4n) is 4.29. The molecule has 41 heavy (non-hydrogen) atoms. The van der Waals surface area contributed by atoms with Gasteiger partial charge >= 0.3 is 18.3 Å². The molecular weight excluding hydrogens is 568 g/mol. The van der Waals surface area contributed by atoms with E-state index < -0.39 is 76.4 Å². The molecule has 0 aliphatic heterocycles. The van der Waals surface area contributed by atoms with Gasteiger partial charge in [-0.1, -0.05) is 36.4 Å². The van der Waals surface area contributed by atoms with Crippen molar-refractivity contribution in [3.8, 4) is 5.69 Å². The molecule has 0 saturated carbocycles. The minimum absolute atomic E-state index is 0.0236. The number of aromatic nitrogens is 1. The number of nitrogens with zero attached hydrogens (tertiary/aromatic N) is 1. The zero-order valence-corrected chi connectivity index (χ0v) is 20.3. The summed E-state index contributed by atoms with van der Waals surface area (Å²) in [7, 11) is 0. The summed E-state index contributed by atoms with van der Waals surface area (Å²) < 4.78 is 109. The third-order valence-corrected chi connectivity index (χ3v) is 6.10. The molecule has 0 fully saturated rings. The standard InChI is InChI=1S/C27H16F8N2O4/c28-17-7-3-8-18(29)23(17)24(39)36-19(25(40)41)10-13-4-1-6-16-15(13)5-2-9-20(16)37-21(27(33,34)35)11-14(12-22(37)38)26(30,31)32/h1-9,11-12,19H,10H2,(H,36,39)(H,40,41)/t19-/m0/s1. The van der Waals surface area contributed by atoms with E-state index in [9.17, 15) is 54.6 Å². The van der Waals surface area contributed by atoms with Gasteiger partial charge in [-0.25, -0.2) is 13.6 Å². The van der Waals surface area contributed by atoms with Crippen LogP contribution in [0.5, 0.6) is 0 Å². The first-order valence-electron chi connectivity index (χ1n) is 11.5. The Morgan fingerprint density at radius 2 is 1.41 bits per heavy atom. The highest BCUT2D eigenvalue weighted by atomic mass is 19.4. The third-order valence-electron chi connectivity index (χ3n) is 6.10. The monoisotopic (exact) mass is 584 g/mol. The molecular formula is C27H16F8N2O4. The van der Waals surface area contributed by atoms with Gasteiger partial charge in [0.2, 0.25) is 0 Å². The molecule has 0 aliphatic rings. The average Bonchev–Trinajstić information content (AvgIpc) is 2.86. The lowest BCUT2D eigenvalue weighted by Gasteiger charge is -2.20. The molecule has 4 aromatic rings. The molecule has 214 valence electrons. The van der Waals surface area contributed by atoms with Gasteiger partial charge in [-0.15, -0.1) is 0 Å². The van der Waals surface area contributed by atoms with E-state index in [1.165, 1.54) is 30.3 Å². The Kier molecular flexibility index (Phi) is 7.61. The Hall–Kier alpha value is -4.75. The number of carboxylic acids is 1. The molecule has 0 radical (unpaired) electrons. The predicted molar refractivity (Wildman–Crippen MR) is 129 cm³/mol. The number of halogens is 8. The van der Waals surface area contributed by atoms with Crippen molar-refractivity contribution in [1.82, 2.24) is 9.88 Å². The summed E-state index contributed by atoms with van der Waals surface area (Å²) in [6, 6.07) is 8.18. The summed E-state index contributed by atoms with van der Waals surface area (Å²) in [5.41, 5.74) is -6.65. The molecule has 1 heterocycles. The van der Waals surface area contributed by atoms with E-state index in [0.29, 0.717) is 0 Å². The zero-order valence-electron chi connectivity index (χ0n) is 20.3.